The van der Waals surface area contributed by atoms with Crippen LogP contribution in [-0.2, 0) is 0 Å². The molecule has 6 nitrogen and oxygen atoms in total. The van der Waals surface area contributed by atoms with E-state index < -0.39 is 6.04 Å². The van der Waals surface area contributed by atoms with E-state index in [4.69, 9.17) is 10.2 Å². The van der Waals surface area contributed by atoms with E-state index in [1.54, 1.807) is 0 Å². The van der Waals surface area contributed by atoms with Crippen LogP contribution in [0.15, 0.2) is 11.1 Å². The second kappa shape index (κ2) is 5.27. The number of hydrogen-bond donors (Lipinski definition) is 4. The summed E-state index contributed by atoms with van der Waals surface area (Å²) in [7, 11) is 0. The van der Waals surface area contributed by atoms with E-state index in [1.807, 2.05) is 22.6 Å². The molecule has 0 fully saturated rings. The number of nitrogens with zero attached hydrogens (tertiary/aromatic N) is 1. The van der Waals surface area contributed by atoms with Crippen molar-refractivity contribution in [3.63, 3.8) is 0 Å². The van der Waals surface area contributed by atoms with Crippen LogP contribution >= 0.6 is 22.6 Å². The number of aliphatic hydroxyl groups excluding tert-OH is 2. The van der Waals surface area contributed by atoms with Crippen molar-refractivity contribution in [3.8, 4) is 0 Å². The Morgan fingerprint density at radius 3 is 2.79 bits per heavy atom. The minimum Gasteiger partial charge on any atom is -0.394 e. The average molecular weight is 311 g/mol. The molecule has 14 heavy (non-hydrogen) atoms. The second-order valence-corrected chi connectivity index (χ2v) is 3.68. The Hall–Kier alpha value is -0.670. The van der Waals surface area contributed by atoms with Crippen LogP contribution in [0, 0.1) is 3.57 Å². The molecule has 0 aliphatic rings. The Bertz CT molecular complexity index is 350. The Kier molecular flexibility index (Phi) is 4.29. The van der Waals surface area contributed by atoms with E-state index in [0.29, 0.717) is 9.39 Å². The molecule has 1 aromatic heterocycles. The van der Waals surface area contributed by atoms with Gasteiger partial charge in [0.1, 0.15) is 9.39 Å². The number of hydrogen-bond acceptors (Lipinski definition) is 5. The highest BCUT2D eigenvalue weighted by Crippen LogP contribution is 2.09. The van der Waals surface area contributed by atoms with Gasteiger partial charge in [0.2, 0.25) is 0 Å². The van der Waals surface area contributed by atoms with Crippen LogP contribution in [0.5, 0.6) is 0 Å². The number of H-pyrrole nitrogens is 1. The van der Waals surface area contributed by atoms with Crippen molar-refractivity contribution in [2.75, 3.05) is 18.5 Å². The third kappa shape index (κ3) is 2.66. The third-order valence-electron chi connectivity index (χ3n) is 1.58. The van der Waals surface area contributed by atoms with Gasteiger partial charge < -0.3 is 20.5 Å². The molecular weight excluding hydrogens is 301 g/mol. The van der Waals surface area contributed by atoms with E-state index in [1.165, 1.54) is 6.33 Å². The van der Waals surface area contributed by atoms with E-state index in [2.05, 4.69) is 15.3 Å². The van der Waals surface area contributed by atoms with Crippen LogP contribution in [0.1, 0.15) is 0 Å². The summed E-state index contributed by atoms with van der Waals surface area (Å²) >= 11 is 1.84. The highest BCUT2D eigenvalue weighted by molar-refractivity contribution is 14.1. The third-order valence-corrected chi connectivity index (χ3v) is 2.58. The zero-order chi connectivity index (χ0) is 10.6. The monoisotopic (exact) mass is 311 g/mol. The van der Waals surface area contributed by atoms with Crippen LogP contribution in [0.2, 0.25) is 0 Å². The highest BCUT2D eigenvalue weighted by Gasteiger charge is 2.10. The first-order valence-corrected chi connectivity index (χ1v) is 4.98. The lowest BCUT2D eigenvalue weighted by Crippen LogP contribution is -2.29. The first kappa shape index (κ1) is 11.4. The van der Waals surface area contributed by atoms with Gasteiger partial charge in [-0.2, -0.15) is 0 Å². The van der Waals surface area contributed by atoms with E-state index in [0.717, 1.165) is 0 Å². The molecule has 7 heteroatoms. The predicted molar refractivity (Wildman–Crippen MR) is 59.2 cm³/mol. The van der Waals surface area contributed by atoms with Gasteiger partial charge in [-0.15, -0.1) is 0 Å². The molecule has 0 saturated heterocycles. The van der Waals surface area contributed by atoms with Gasteiger partial charge in [0, 0.05) is 0 Å². The smallest absolute Gasteiger partial charge is 0.266 e. The molecule has 0 spiro atoms. The molecule has 0 aliphatic carbocycles. The largest absolute Gasteiger partial charge is 0.394 e. The van der Waals surface area contributed by atoms with Crippen molar-refractivity contribution in [2.24, 2.45) is 0 Å². The fraction of sp³-hybridized carbons (Fsp3) is 0.429. The van der Waals surface area contributed by atoms with Crippen molar-refractivity contribution in [1.29, 1.82) is 0 Å². The second-order valence-electron chi connectivity index (χ2n) is 2.60. The maximum Gasteiger partial charge on any atom is 0.266 e. The maximum atomic E-state index is 11.1. The molecule has 1 heterocycles. The van der Waals surface area contributed by atoms with Crippen LogP contribution in [0.25, 0.3) is 0 Å². The standard InChI is InChI=1S/C7H10IN3O3/c8-5-6(9-3-10-7(5)14)11-4(1-12)2-13/h3-4,12-13H,1-2H2,(H2,9,10,11,14). The molecule has 0 amide bonds. The Morgan fingerprint density at radius 1 is 1.57 bits per heavy atom. The van der Waals surface area contributed by atoms with Gasteiger partial charge in [-0.05, 0) is 22.6 Å². The topological polar surface area (TPSA) is 98.2 Å². The van der Waals surface area contributed by atoms with Crippen molar-refractivity contribution in [3.05, 3.63) is 20.3 Å². The summed E-state index contributed by atoms with van der Waals surface area (Å²) in [6.07, 6.45) is 1.26. The lowest BCUT2D eigenvalue weighted by atomic mass is 10.3. The summed E-state index contributed by atoms with van der Waals surface area (Å²) < 4.78 is 0.400. The van der Waals surface area contributed by atoms with E-state index >= 15 is 0 Å². The van der Waals surface area contributed by atoms with Crippen molar-refractivity contribution >= 4 is 28.4 Å². The number of nitrogens with one attached hydrogen (secondary N) is 2. The van der Waals surface area contributed by atoms with Crippen LogP contribution in [0.4, 0.5) is 5.82 Å². The number of halogens is 1. The Labute approximate surface area is 93.5 Å². The maximum absolute atomic E-state index is 11.1. The molecule has 1 aromatic rings. The molecular formula is C7H10IN3O3. The van der Waals surface area contributed by atoms with Crippen molar-refractivity contribution in [1.82, 2.24) is 9.97 Å². The Balaban J connectivity index is 2.86. The van der Waals surface area contributed by atoms with Gasteiger partial charge in [-0.3, -0.25) is 4.79 Å². The molecule has 0 bridgehead atoms. The number of aliphatic hydroxyl groups is 2. The summed E-state index contributed by atoms with van der Waals surface area (Å²) in [4.78, 5) is 17.4. The van der Waals surface area contributed by atoms with Gasteiger partial charge in [-0.25, -0.2) is 4.98 Å². The van der Waals surface area contributed by atoms with Crippen molar-refractivity contribution < 1.29 is 10.2 Å². The summed E-state index contributed by atoms with van der Waals surface area (Å²) in [6, 6.07) is -0.502. The zero-order valence-electron chi connectivity index (χ0n) is 7.20. The molecule has 0 aromatic carbocycles. The summed E-state index contributed by atoms with van der Waals surface area (Å²) in [5, 5.41) is 20.4. The predicted octanol–water partition coefficient (Wildman–Crippen LogP) is -0.860. The zero-order valence-corrected chi connectivity index (χ0v) is 9.35. The fourth-order valence-corrected chi connectivity index (χ4v) is 1.28. The van der Waals surface area contributed by atoms with Crippen LogP contribution < -0.4 is 10.9 Å². The molecule has 78 valence electrons. The average Bonchev–Trinajstić information content (AvgIpc) is 2.20. The van der Waals surface area contributed by atoms with E-state index in [9.17, 15) is 4.79 Å². The molecule has 0 aliphatic heterocycles. The number of rotatable bonds is 4. The minimum absolute atomic E-state index is 0.221. The normalized spacial score (nSPS) is 10.6. The fourth-order valence-electron chi connectivity index (χ4n) is 0.826. The lowest BCUT2D eigenvalue weighted by Gasteiger charge is -2.14. The summed E-state index contributed by atoms with van der Waals surface area (Å²) in [5.41, 5.74) is -0.252. The summed E-state index contributed by atoms with van der Waals surface area (Å²) in [6.45, 7) is -0.442. The van der Waals surface area contributed by atoms with Crippen molar-refractivity contribution in [2.45, 2.75) is 6.04 Å². The van der Waals surface area contributed by atoms with Crippen LogP contribution in [0.3, 0.4) is 0 Å². The molecule has 0 radical (unpaired) electrons. The van der Waals surface area contributed by atoms with Gasteiger partial charge in [0.15, 0.2) is 0 Å². The Morgan fingerprint density at radius 2 is 2.21 bits per heavy atom. The van der Waals surface area contributed by atoms with Gasteiger partial charge in [0.25, 0.3) is 5.56 Å². The van der Waals surface area contributed by atoms with Gasteiger partial charge >= 0.3 is 0 Å². The van der Waals surface area contributed by atoms with Gasteiger partial charge in [0.05, 0.1) is 25.6 Å². The molecule has 4 N–H and O–H groups in total. The first-order valence-electron chi connectivity index (χ1n) is 3.90. The number of aromatic nitrogens is 2. The molecule has 1 rings (SSSR count). The molecule has 0 atom stereocenters. The quantitative estimate of drug-likeness (QED) is 0.543. The van der Waals surface area contributed by atoms with E-state index in [-0.39, 0.29) is 18.8 Å². The SMILES string of the molecule is O=c1[nH]cnc(NC(CO)CO)c1I. The minimum atomic E-state index is -0.502. The van der Waals surface area contributed by atoms with Gasteiger partial charge in [-0.1, -0.05) is 0 Å². The number of aromatic amines is 1. The highest BCUT2D eigenvalue weighted by atomic mass is 127. The molecule has 0 unspecified atom stereocenters. The first-order chi connectivity index (χ1) is 6.69. The lowest BCUT2D eigenvalue weighted by molar-refractivity contribution is 0.203. The van der Waals surface area contributed by atoms with Crippen LogP contribution in [-0.4, -0.2) is 39.4 Å². The summed E-state index contributed by atoms with van der Waals surface area (Å²) in [5.74, 6) is 0.363. The molecule has 0 saturated carbocycles. The number of anilines is 1.